The number of ether oxygens (including phenoxy) is 1. The summed E-state index contributed by atoms with van der Waals surface area (Å²) in [7, 11) is 1.62. The number of methoxy groups -OCH3 is 1. The average molecular weight is 232 g/mol. The first-order chi connectivity index (χ1) is 6.69. The van der Waals surface area contributed by atoms with E-state index >= 15 is 0 Å². The van der Waals surface area contributed by atoms with E-state index in [-0.39, 0.29) is 18.4 Å². The monoisotopic (exact) mass is 231 g/mol. The number of rotatable bonds is 4. The Morgan fingerprint density at radius 1 is 1.33 bits per heavy atom. The Balaban J connectivity index is 0.00000196. The van der Waals surface area contributed by atoms with Gasteiger partial charge in [0.05, 0.1) is 19.3 Å². The molecule has 3 nitrogen and oxygen atoms in total. The van der Waals surface area contributed by atoms with Crippen LogP contribution in [-0.4, -0.2) is 18.3 Å². The van der Waals surface area contributed by atoms with E-state index in [0.29, 0.717) is 6.42 Å². The number of aliphatic hydroxyl groups excluding tert-OH is 1. The number of benzene rings is 1. The van der Waals surface area contributed by atoms with Gasteiger partial charge < -0.3 is 15.6 Å². The highest BCUT2D eigenvalue weighted by molar-refractivity contribution is 5.85. The zero-order valence-corrected chi connectivity index (χ0v) is 9.83. The number of hydrogen-bond donors (Lipinski definition) is 2. The summed E-state index contributed by atoms with van der Waals surface area (Å²) in [6.07, 6.45) is 0.177. The lowest BCUT2D eigenvalue weighted by Crippen LogP contribution is -2.25. The highest BCUT2D eigenvalue weighted by Crippen LogP contribution is 2.19. The van der Waals surface area contributed by atoms with Gasteiger partial charge in [0.1, 0.15) is 5.75 Å². The smallest absolute Gasteiger partial charge is 0.118 e. The van der Waals surface area contributed by atoms with Crippen molar-refractivity contribution in [3.8, 4) is 5.75 Å². The third-order valence-electron chi connectivity index (χ3n) is 2.33. The summed E-state index contributed by atoms with van der Waals surface area (Å²) in [5.41, 5.74) is 6.78. The van der Waals surface area contributed by atoms with Crippen LogP contribution in [0.1, 0.15) is 24.9 Å². The second-order valence-electron chi connectivity index (χ2n) is 3.27. The van der Waals surface area contributed by atoms with Crippen LogP contribution in [0, 0.1) is 0 Å². The molecule has 0 aromatic heterocycles. The minimum atomic E-state index is -0.483. The molecule has 2 atom stereocenters. The van der Waals surface area contributed by atoms with Gasteiger partial charge in [0.25, 0.3) is 0 Å². The van der Waals surface area contributed by atoms with Crippen molar-refractivity contribution in [2.24, 2.45) is 5.73 Å². The van der Waals surface area contributed by atoms with Gasteiger partial charge >= 0.3 is 0 Å². The van der Waals surface area contributed by atoms with Gasteiger partial charge in [-0.25, -0.2) is 0 Å². The van der Waals surface area contributed by atoms with E-state index < -0.39 is 6.10 Å². The van der Waals surface area contributed by atoms with Crippen molar-refractivity contribution in [1.29, 1.82) is 0 Å². The highest BCUT2D eigenvalue weighted by atomic mass is 35.5. The lowest BCUT2D eigenvalue weighted by molar-refractivity contribution is 0.140. The molecule has 0 aliphatic rings. The molecular weight excluding hydrogens is 214 g/mol. The predicted octanol–water partition coefficient (Wildman–Crippen LogP) is 1.89. The van der Waals surface area contributed by atoms with E-state index in [2.05, 4.69) is 0 Å². The first kappa shape index (κ1) is 14.2. The van der Waals surface area contributed by atoms with Crippen LogP contribution in [0.5, 0.6) is 5.75 Å². The summed E-state index contributed by atoms with van der Waals surface area (Å²) in [5, 5.41) is 9.55. The standard InChI is InChI=1S/C11H17NO2.ClH/c1-3-10(13)11(12)8-4-6-9(14-2)7-5-8;/h4-7,10-11,13H,3,12H2,1-2H3;1H/t10-,11+;/m1./s1. The molecule has 0 amide bonds. The zero-order chi connectivity index (χ0) is 10.6. The van der Waals surface area contributed by atoms with Crippen molar-refractivity contribution in [2.45, 2.75) is 25.5 Å². The van der Waals surface area contributed by atoms with E-state index in [9.17, 15) is 5.11 Å². The quantitative estimate of drug-likeness (QED) is 0.832. The number of halogens is 1. The van der Waals surface area contributed by atoms with Gasteiger partial charge in [0.2, 0.25) is 0 Å². The minimum absolute atomic E-state index is 0. The van der Waals surface area contributed by atoms with Crippen molar-refractivity contribution >= 4 is 12.4 Å². The average Bonchev–Trinajstić information content (AvgIpc) is 2.27. The predicted molar refractivity (Wildman–Crippen MR) is 63.5 cm³/mol. The van der Waals surface area contributed by atoms with Crippen LogP contribution in [0.4, 0.5) is 0 Å². The molecule has 0 fully saturated rings. The first-order valence-electron chi connectivity index (χ1n) is 4.76. The molecule has 0 spiro atoms. The number of nitrogens with two attached hydrogens (primary N) is 1. The molecule has 15 heavy (non-hydrogen) atoms. The fourth-order valence-electron chi connectivity index (χ4n) is 1.30. The van der Waals surface area contributed by atoms with Crippen molar-refractivity contribution in [1.82, 2.24) is 0 Å². The van der Waals surface area contributed by atoms with E-state index in [0.717, 1.165) is 11.3 Å². The fraction of sp³-hybridized carbons (Fsp3) is 0.455. The lowest BCUT2D eigenvalue weighted by Gasteiger charge is -2.17. The van der Waals surface area contributed by atoms with Gasteiger partial charge in [-0.1, -0.05) is 19.1 Å². The molecule has 0 aliphatic carbocycles. The van der Waals surface area contributed by atoms with Crippen molar-refractivity contribution in [2.75, 3.05) is 7.11 Å². The van der Waals surface area contributed by atoms with E-state index in [1.54, 1.807) is 7.11 Å². The van der Waals surface area contributed by atoms with Crippen LogP contribution < -0.4 is 10.5 Å². The molecule has 0 aliphatic heterocycles. The summed E-state index contributed by atoms with van der Waals surface area (Å²) in [6, 6.07) is 7.13. The Labute approximate surface area is 96.7 Å². The molecule has 0 unspecified atom stereocenters. The molecule has 3 N–H and O–H groups in total. The molecule has 4 heteroatoms. The van der Waals surface area contributed by atoms with Crippen LogP contribution in [-0.2, 0) is 0 Å². The lowest BCUT2D eigenvalue weighted by atomic mass is 10.0. The van der Waals surface area contributed by atoms with Crippen molar-refractivity contribution in [3.05, 3.63) is 29.8 Å². The first-order valence-corrected chi connectivity index (χ1v) is 4.76. The summed E-state index contributed by atoms with van der Waals surface area (Å²) >= 11 is 0. The van der Waals surface area contributed by atoms with Crippen LogP contribution >= 0.6 is 12.4 Å². The molecule has 86 valence electrons. The molecule has 0 saturated carbocycles. The third-order valence-corrected chi connectivity index (χ3v) is 2.33. The molecular formula is C11H18ClNO2. The van der Waals surface area contributed by atoms with Crippen LogP contribution in [0.15, 0.2) is 24.3 Å². The van der Waals surface area contributed by atoms with E-state index in [4.69, 9.17) is 10.5 Å². The Bertz CT molecular complexity index is 276. The zero-order valence-electron chi connectivity index (χ0n) is 9.01. The highest BCUT2D eigenvalue weighted by Gasteiger charge is 2.14. The maximum absolute atomic E-state index is 9.55. The molecule has 0 saturated heterocycles. The minimum Gasteiger partial charge on any atom is -0.497 e. The molecule has 0 radical (unpaired) electrons. The summed E-state index contributed by atoms with van der Waals surface area (Å²) < 4.78 is 5.03. The van der Waals surface area contributed by atoms with E-state index in [1.807, 2.05) is 31.2 Å². The molecule has 0 bridgehead atoms. The summed E-state index contributed by atoms with van der Waals surface area (Å²) in [5.74, 6) is 0.798. The van der Waals surface area contributed by atoms with Crippen molar-refractivity contribution in [3.63, 3.8) is 0 Å². The van der Waals surface area contributed by atoms with Gasteiger partial charge in [-0.05, 0) is 24.1 Å². The van der Waals surface area contributed by atoms with Crippen LogP contribution in [0.25, 0.3) is 0 Å². The fourth-order valence-corrected chi connectivity index (χ4v) is 1.30. The number of aliphatic hydroxyl groups is 1. The Kier molecular flexibility index (Phi) is 6.32. The number of hydrogen-bond acceptors (Lipinski definition) is 3. The molecule has 1 aromatic carbocycles. The second-order valence-corrected chi connectivity index (χ2v) is 3.27. The van der Waals surface area contributed by atoms with Crippen molar-refractivity contribution < 1.29 is 9.84 Å². The van der Waals surface area contributed by atoms with E-state index in [1.165, 1.54) is 0 Å². The Hall–Kier alpha value is -0.770. The summed E-state index contributed by atoms with van der Waals surface area (Å²) in [6.45, 7) is 1.91. The topological polar surface area (TPSA) is 55.5 Å². The molecule has 0 heterocycles. The molecule has 1 rings (SSSR count). The van der Waals surface area contributed by atoms with Gasteiger partial charge in [0.15, 0.2) is 0 Å². The molecule has 1 aromatic rings. The third kappa shape index (κ3) is 3.70. The normalized spacial score (nSPS) is 13.9. The van der Waals surface area contributed by atoms with Gasteiger partial charge in [-0.3, -0.25) is 0 Å². The maximum Gasteiger partial charge on any atom is 0.118 e. The van der Waals surface area contributed by atoms with Crippen LogP contribution in [0.2, 0.25) is 0 Å². The van der Waals surface area contributed by atoms with Gasteiger partial charge in [0, 0.05) is 0 Å². The summed E-state index contributed by atoms with van der Waals surface area (Å²) in [4.78, 5) is 0. The van der Waals surface area contributed by atoms with Crippen LogP contribution in [0.3, 0.4) is 0 Å². The van der Waals surface area contributed by atoms with Gasteiger partial charge in [-0.15, -0.1) is 12.4 Å². The Morgan fingerprint density at radius 3 is 2.27 bits per heavy atom. The second kappa shape index (κ2) is 6.67. The SMILES string of the molecule is CC[C@@H](O)[C@@H](N)c1ccc(OC)cc1.Cl. The largest absolute Gasteiger partial charge is 0.497 e. The maximum atomic E-state index is 9.55. The Morgan fingerprint density at radius 2 is 1.87 bits per heavy atom. The van der Waals surface area contributed by atoms with Gasteiger partial charge in [-0.2, -0.15) is 0 Å².